The summed E-state index contributed by atoms with van der Waals surface area (Å²) < 4.78 is 0. The Kier molecular flexibility index (Phi) is 1.57. The number of hydrogen-bond acceptors (Lipinski definition) is 1. The van der Waals surface area contributed by atoms with Crippen molar-refractivity contribution < 1.29 is 5.11 Å². The first-order valence-corrected chi connectivity index (χ1v) is 7.16. The zero-order valence-corrected chi connectivity index (χ0v) is 10.7. The fourth-order valence-corrected chi connectivity index (χ4v) is 6.74. The Morgan fingerprint density at radius 3 is 2.69 bits per heavy atom. The molecule has 1 nitrogen and oxygen atoms in total. The Morgan fingerprint density at radius 2 is 2.06 bits per heavy atom. The summed E-state index contributed by atoms with van der Waals surface area (Å²) in [5.74, 6) is 5.49. The van der Waals surface area contributed by atoms with Crippen molar-refractivity contribution in [3.63, 3.8) is 0 Å². The van der Waals surface area contributed by atoms with Crippen LogP contribution in [0, 0.1) is 46.3 Å². The molecule has 0 heterocycles. The van der Waals surface area contributed by atoms with E-state index in [1.54, 1.807) is 0 Å². The number of hydrogen-bond donors (Lipinski definition) is 1. The average molecular weight is 220 g/mol. The predicted octanol–water partition coefficient (Wildman–Crippen LogP) is 2.93. The second-order valence-corrected chi connectivity index (χ2v) is 7.61. The zero-order valence-electron chi connectivity index (χ0n) is 10.7. The van der Waals surface area contributed by atoms with E-state index in [9.17, 15) is 5.11 Å². The van der Waals surface area contributed by atoms with Gasteiger partial charge in [0.05, 0.1) is 0 Å². The van der Waals surface area contributed by atoms with Gasteiger partial charge in [-0.05, 0) is 65.6 Å². The zero-order chi connectivity index (χ0) is 11.3. The third-order valence-corrected chi connectivity index (χ3v) is 7.73. The van der Waals surface area contributed by atoms with Gasteiger partial charge in [0.25, 0.3) is 0 Å². The van der Waals surface area contributed by atoms with Gasteiger partial charge in [-0.3, -0.25) is 0 Å². The number of rotatable bonds is 2. The summed E-state index contributed by atoms with van der Waals surface area (Å²) in [6, 6.07) is 0. The van der Waals surface area contributed by atoms with Crippen LogP contribution in [-0.2, 0) is 0 Å². The van der Waals surface area contributed by atoms with E-state index in [0.717, 1.165) is 29.6 Å². The van der Waals surface area contributed by atoms with Gasteiger partial charge in [-0.25, -0.2) is 0 Å². The molecule has 0 aromatic rings. The van der Waals surface area contributed by atoms with Crippen LogP contribution in [0.3, 0.4) is 0 Å². The summed E-state index contributed by atoms with van der Waals surface area (Å²) >= 11 is 0. The lowest BCUT2D eigenvalue weighted by Gasteiger charge is -2.44. The Bertz CT molecular complexity index is 351. The maximum Gasteiger partial charge on any atom is 0.0459 e. The van der Waals surface area contributed by atoms with Crippen molar-refractivity contribution in [2.24, 2.45) is 46.3 Å². The molecule has 0 spiro atoms. The lowest BCUT2D eigenvalue weighted by Crippen LogP contribution is -2.38. The topological polar surface area (TPSA) is 20.2 Å². The SMILES string of the molecule is C[C@@H](CO)[C@H]1CCC2(C)C3CC4C([C@@H]31)C42C. The molecular weight excluding hydrogens is 196 g/mol. The van der Waals surface area contributed by atoms with Gasteiger partial charge in [0, 0.05) is 6.61 Å². The highest BCUT2D eigenvalue weighted by molar-refractivity contribution is 5.33. The third-order valence-electron chi connectivity index (χ3n) is 7.73. The fraction of sp³-hybridized carbons (Fsp3) is 1.00. The summed E-state index contributed by atoms with van der Waals surface area (Å²) in [6.07, 6.45) is 4.35. The molecule has 0 radical (unpaired) electrons. The highest BCUT2D eigenvalue weighted by Gasteiger charge is 2.86. The Balaban J connectivity index is 1.73. The first-order chi connectivity index (χ1) is 7.55. The Morgan fingerprint density at radius 1 is 1.31 bits per heavy atom. The molecule has 0 aromatic carbocycles. The van der Waals surface area contributed by atoms with Gasteiger partial charge in [-0.2, -0.15) is 0 Å². The van der Waals surface area contributed by atoms with Gasteiger partial charge in [0.15, 0.2) is 0 Å². The van der Waals surface area contributed by atoms with Crippen LogP contribution in [0.25, 0.3) is 0 Å². The van der Waals surface area contributed by atoms with E-state index in [0.29, 0.717) is 23.4 Å². The molecular formula is C15H24O. The van der Waals surface area contributed by atoms with Crippen molar-refractivity contribution in [2.45, 2.75) is 40.0 Å². The maximum absolute atomic E-state index is 9.44. The molecule has 0 saturated heterocycles. The molecule has 5 rings (SSSR count). The molecule has 1 heteroatoms. The maximum atomic E-state index is 9.44. The molecule has 5 unspecified atom stereocenters. The first-order valence-electron chi connectivity index (χ1n) is 7.16. The van der Waals surface area contributed by atoms with E-state index >= 15 is 0 Å². The van der Waals surface area contributed by atoms with Gasteiger partial charge < -0.3 is 5.11 Å². The van der Waals surface area contributed by atoms with Crippen molar-refractivity contribution in [1.82, 2.24) is 0 Å². The van der Waals surface area contributed by atoms with Crippen LogP contribution < -0.4 is 0 Å². The minimum atomic E-state index is 0.401. The van der Waals surface area contributed by atoms with Crippen LogP contribution in [0.15, 0.2) is 0 Å². The lowest BCUT2D eigenvalue weighted by molar-refractivity contribution is 0.0302. The minimum Gasteiger partial charge on any atom is -0.396 e. The van der Waals surface area contributed by atoms with E-state index in [1.807, 2.05) is 0 Å². The molecule has 5 saturated carbocycles. The standard InChI is InChI=1S/C15H24O/c1-8(7-16)9-4-5-14(2)10-6-11-13(12(9)10)15(11,14)3/h8-13,16H,4-7H2,1-3H3/t8-,9+,10?,11?,12+,13?,14?,15?/m0/s1. The minimum absolute atomic E-state index is 0.401. The van der Waals surface area contributed by atoms with Crippen LogP contribution in [0.4, 0.5) is 0 Å². The fourth-order valence-electron chi connectivity index (χ4n) is 6.74. The highest BCUT2D eigenvalue weighted by Crippen LogP contribution is 2.91. The van der Waals surface area contributed by atoms with E-state index in [4.69, 9.17) is 0 Å². The Labute approximate surface area is 98.6 Å². The van der Waals surface area contributed by atoms with Crippen molar-refractivity contribution in [2.75, 3.05) is 6.61 Å². The quantitative estimate of drug-likeness (QED) is 0.758. The molecule has 5 aliphatic carbocycles. The van der Waals surface area contributed by atoms with Crippen LogP contribution >= 0.6 is 0 Å². The smallest absolute Gasteiger partial charge is 0.0459 e. The molecule has 0 aliphatic heterocycles. The van der Waals surface area contributed by atoms with Crippen LogP contribution in [0.2, 0.25) is 0 Å². The largest absolute Gasteiger partial charge is 0.396 e. The summed E-state index contributed by atoms with van der Waals surface area (Å²) in [5, 5.41) is 9.44. The van der Waals surface area contributed by atoms with E-state index in [1.165, 1.54) is 19.3 Å². The molecule has 6 bridgehead atoms. The summed E-state index contributed by atoms with van der Waals surface area (Å²) in [7, 11) is 0. The van der Waals surface area contributed by atoms with Crippen LogP contribution in [-0.4, -0.2) is 11.7 Å². The lowest BCUT2D eigenvalue weighted by atomic mass is 9.61. The Hall–Kier alpha value is -0.0400. The monoisotopic (exact) mass is 220 g/mol. The van der Waals surface area contributed by atoms with Crippen molar-refractivity contribution in [3.8, 4) is 0 Å². The molecule has 1 N–H and O–H groups in total. The van der Waals surface area contributed by atoms with E-state index < -0.39 is 0 Å². The molecule has 0 amide bonds. The summed E-state index contributed by atoms with van der Waals surface area (Å²) in [6.45, 7) is 7.83. The molecule has 90 valence electrons. The van der Waals surface area contributed by atoms with Crippen molar-refractivity contribution in [1.29, 1.82) is 0 Å². The van der Waals surface area contributed by atoms with Gasteiger partial charge >= 0.3 is 0 Å². The first kappa shape index (κ1) is 9.94. The summed E-state index contributed by atoms with van der Waals surface area (Å²) in [4.78, 5) is 0. The van der Waals surface area contributed by atoms with Gasteiger partial charge in [0.1, 0.15) is 0 Å². The third kappa shape index (κ3) is 0.723. The number of aliphatic hydroxyl groups is 1. The van der Waals surface area contributed by atoms with Gasteiger partial charge in [0.2, 0.25) is 0 Å². The molecule has 5 fully saturated rings. The molecule has 8 atom stereocenters. The average Bonchev–Trinajstić information content (AvgIpc) is 2.58. The molecule has 16 heavy (non-hydrogen) atoms. The predicted molar refractivity (Wildman–Crippen MR) is 63.8 cm³/mol. The van der Waals surface area contributed by atoms with Gasteiger partial charge in [-0.1, -0.05) is 20.8 Å². The van der Waals surface area contributed by atoms with Crippen molar-refractivity contribution in [3.05, 3.63) is 0 Å². The van der Waals surface area contributed by atoms with Crippen LogP contribution in [0.1, 0.15) is 40.0 Å². The van der Waals surface area contributed by atoms with E-state index in [2.05, 4.69) is 20.8 Å². The second-order valence-electron chi connectivity index (χ2n) is 7.61. The van der Waals surface area contributed by atoms with E-state index in [-0.39, 0.29) is 0 Å². The number of aliphatic hydroxyl groups excluding tert-OH is 1. The van der Waals surface area contributed by atoms with Crippen LogP contribution in [0.5, 0.6) is 0 Å². The normalized spacial score (nSPS) is 67.1. The molecule has 5 aliphatic rings. The highest BCUT2D eigenvalue weighted by atomic mass is 16.3. The molecule has 0 aromatic heterocycles. The van der Waals surface area contributed by atoms with Gasteiger partial charge in [-0.15, -0.1) is 0 Å². The summed E-state index contributed by atoms with van der Waals surface area (Å²) in [5.41, 5.74) is 1.39. The van der Waals surface area contributed by atoms with Crippen molar-refractivity contribution >= 4 is 0 Å². The second kappa shape index (κ2) is 2.53.